The third kappa shape index (κ3) is 2.31. The summed E-state index contributed by atoms with van der Waals surface area (Å²) in [6, 6.07) is 3.84. The Labute approximate surface area is 102 Å². The molecule has 0 aromatic carbocycles. The van der Waals surface area contributed by atoms with Crippen molar-refractivity contribution in [1.82, 2.24) is 9.88 Å². The van der Waals surface area contributed by atoms with Crippen LogP contribution in [-0.4, -0.2) is 28.4 Å². The second kappa shape index (κ2) is 4.45. The van der Waals surface area contributed by atoms with E-state index in [1.54, 1.807) is 12.4 Å². The first-order chi connectivity index (χ1) is 8.01. The van der Waals surface area contributed by atoms with Crippen molar-refractivity contribution < 1.29 is 4.79 Å². The summed E-state index contributed by atoms with van der Waals surface area (Å²) in [6.45, 7) is 5.21. The van der Waals surface area contributed by atoms with E-state index in [1.165, 1.54) is 0 Å². The highest BCUT2D eigenvalue weighted by Crippen LogP contribution is 2.29. The number of carbonyl (C=O) groups excluding carboxylic acids is 1. The number of carbonyl (C=O) groups is 1. The van der Waals surface area contributed by atoms with E-state index < -0.39 is 5.41 Å². The van der Waals surface area contributed by atoms with Crippen LogP contribution in [0.4, 0.5) is 0 Å². The monoisotopic (exact) mass is 233 g/mol. The molecule has 1 fully saturated rings. The molecule has 1 saturated heterocycles. The molecule has 4 nitrogen and oxygen atoms in total. The van der Waals surface area contributed by atoms with Crippen LogP contribution in [0.1, 0.15) is 25.8 Å². The lowest BCUT2D eigenvalue weighted by molar-refractivity contribution is -0.146. The van der Waals surface area contributed by atoms with Gasteiger partial charge in [0, 0.05) is 31.5 Å². The lowest BCUT2D eigenvalue weighted by Crippen LogP contribution is -2.56. The van der Waals surface area contributed by atoms with E-state index >= 15 is 0 Å². The summed E-state index contributed by atoms with van der Waals surface area (Å²) >= 11 is 0. The van der Waals surface area contributed by atoms with Crippen LogP contribution >= 0.6 is 0 Å². The van der Waals surface area contributed by atoms with Gasteiger partial charge in [-0.3, -0.25) is 9.78 Å². The molecule has 0 bridgehead atoms. The smallest absolute Gasteiger partial charge is 0.230 e. The number of likely N-dealkylation sites (tertiary alicyclic amines) is 1. The van der Waals surface area contributed by atoms with Crippen LogP contribution in [0.5, 0.6) is 0 Å². The normalized spacial score (nSPS) is 23.8. The van der Waals surface area contributed by atoms with Crippen LogP contribution < -0.4 is 5.73 Å². The molecule has 0 aliphatic carbocycles. The number of hydrogen-bond acceptors (Lipinski definition) is 3. The number of pyridine rings is 1. The van der Waals surface area contributed by atoms with Crippen LogP contribution in [0.25, 0.3) is 0 Å². The van der Waals surface area contributed by atoms with E-state index in [2.05, 4.69) is 4.98 Å². The SMILES string of the molecule is CC1(C)C(=O)N(Cc2cccnc2)CCC1N. The molecule has 2 heterocycles. The van der Waals surface area contributed by atoms with E-state index in [4.69, 9.17) is 5.73 Å². The minimum atomic E-state index is -0.458. The third-order valence-electron chi connectivity index (χ3n) is 3.57. The van der Waals surface area contributed by atoms with Gasteiger partial charge in [-0.2, -0.15) is 0 Å². The zero-order valence-electron chi connectivity index (χ0n) is 10.4. The Bertz CT molecular complexity index is 402. The van der Waals surface area contributed by atoms with Crippen molar-refractivity contribution in [2.45, 2.75) is 32.9 Å². The molecular formula is C13H19N3O. The highest BCUT2D eigenvalue weighted by Gasteiger charge is 2.41. The zero-order valence-corrected chi connectivity index (χ0v) is 10.4. The second-order valence-electron chi connectivity index (χ2n) is 5.20. The van der Waals surface area contributed by atoms with Gasteiger partial charge in [0.15, 0.2) is 0 Å². The molecule has 1 unspecified atom stereocenters. The van der Waals surface area contributed by atoms with Gasteiger partial charge in [-0.15, -0.1) is 0 Å². The third-order valence-corrected chi connectivity index (χ3v) is 3.57. The molecule has 2 rings (SSSR count). The van der Waals surface area contributed by atoms with Gasteiger partial charge < -0.3 is 10.6 Å². The molecule has 1 aliphatic heterocycles. The molecule has 2 N–H and O–H groups in total. The van der Waals surface area contributed by atoms with E-state index in [0.717, 1.165) is 18.5 Å². The first-order valence-electron chi connectivity index (χ1n) is 5.95. The fourth-order valence-corrected chi connectivity index (χ4v) is 2.19. The topological polar surface area (TPSA) is 59.2 Å². The molecule has 1 aromatic heterocycles. The molecular weight excluding hydrogens is 214 g/mol. The van der Waals surface area contributed by atoms with Crippen molar-refractivity contribution in [2.75, 3.05) is 6.54 Å². The first-order valence-corrected chi connectivity index (χ1v) is 5.95. The van der Waals surface area contributed by atoms with Gasteiger partial charge in [0.25, 0.3) is 0 Å². The predicted octanol–water partition coefficient (Wildman–Crippen LogP) is 1.17. The number of nitrogens with two attached hydrogens (primary N) is 1. The molecule has 1 aromatic rings. The second-order valence-corrected chi connectivity index (χ2v) is 5.20. The lowest BCUT2D eigenvalue weighted by atomic mass is 9.78. The van der Waals surface area contributed by atoms with E-state index in [1.807, 2.05) is 30.9 Å². The molecule has 1 atom stereocenters. The minimum absolute atomic E-state index is 0.0415. The Morgan fingerprint density at radius 3 is 3.00 bits per heavy atom. The van der Waals surface area contributed by atoms with Crippen molar-refractivity contribution in [3.8, 4) is 0 Å². The minimum Gasteiger partial charge on any atom is -0.338 e. The summed E-state index contributed by atoms with van der Waals surface area (Å²) in [5.74, 6) is 0.139. The van der Waals surface area contributed by atoms with Crippen molar-refractivity contribution in [3.05, 3.63) is 30.1 Å². The highest BCUT2D eigenvalue weighted by molar-refractivity contribution is 5.83. The maximum Gasteiger partial charge on any atom is 0.230 e. The number of nitrogens with zero attached hydrogens (tertiary/aromatic N) is 2. The predicted molar refractivity (Wildman–Crippen MR) is 66.0 cm³/mol. The van der Waals surface area contributed by atoms with E-state index in [0.29, 0.717) is 6.54 Å². The molecule has 1 amide bonds. The van der Waals surface area contributed by atoms with Gasteiger partial charge in [-0.25, -0.2) is 0 Å². The number of hydrogen-bond donors (Lipinski definition) is 1. The largest absolute Gasteiger partial charge is 0.338 e. The van der Waals surface area contributed by atoms with Gasteiger partial charge in [0.05, 0.1) is 5.41 Å². The summed E-state index contributed by atoms with van der Waals surface area (Å²) in [5, 5.41) is 0. The van der Waals surface area contributed by atoms with Crippen molar-refractivity contribution in [2.24, 2.45) is 11.1 Å². The van der Waals surface area contributed by atoms with Crippen LogP contribution in [0.15, 0.2) is 24.5 Å². The van der Waals surface area contributed by atoms with Gasteiger partial charge >= 0.3 is 0 Å². The van der Waals surface area contributed by atoms with Crippen LogP contribution in [0.3, 0.4) is 0 Å². The van der Waals surface area contributed by atoms with Crippen LogP contribution in [0.2, 0.25) is 0 Å². The molecule has 4 heteroatoms. The lowest BCUT2D eigenvalue weighted by Gasteiger charge is -2.41. The average molecular weight is 233 g/mol. The van der Waals surface area contributed by atoms with Gasteiger partial charge in [0.1, 0.15) is 0 Å². The average Bonchev–Trinajstić information content (AvgIpc) is 2.32. The summed E-state index contributed by atoms with van der Waals surface area (Å²) < 4.78 is 0. The van der Waals surface area contributed by atoms with Crippen molar-refractivity contribution in [1.29, 1.82) is 0 Å². The Morgan fingerprint density at radius 2 is 2.35 bits per heavy atom. The summed E-state index contributed by atoms with van der Waals surface area (Å²) in [4.78, 5) is 18.2. The van der Waals surface area contributed by atoms with Crippen molar-refractivity contribution in [3.63, 3.8) is 0 Å². The Kier molecular flexibility index (Phi) is 3.15. The molecule has 92 valence electrons. The molecule has 1 aliphatic rings. The highest BCUT2D eigenvalue weighted by atomic mass is 16.2. The molecule has 0 radical (unpaired) electrons. The van der Waals surface area contributed by atoms with Gasteiger partial charge in [-0.1, -0.05) is 6.07 Å². The maximum absolute atomic E-state index is 12.3. The summed E-state index contributed by atoms with van der Waals surface area (Å²) in [6.07, 6.45) is 4.40. The van der Waals surface area contributed by atoms with Crippen LogP contribution in [-0.2, 0) is 11.3 Å². The van der Waals surface area contributed by atoms with Crippen LogP contribution in [0, 0.1) is 5.41 Å². The number of aromatic nitrogens is 1. The fraction of sp³-hybridized carbons (Fsp3) is 0.538. The molecule has 0 saturated carbocycles. The standard InChI is InChI=1S/C13H19N3O/c1-13(2)11(14)5-7-16(12(13)17)9-10-4-3-6-15-8-10/h3-4,6,8,11H,5,7,9,14H2,1-2H3. The summed E-state index contributed by atoms with van der Waals surface area (Å²) in [5.41, 5.74) is 6.60. The van der Waals surface area contributed by atoms with Gasteiger partial charge in [-0.05, 0) is 31.9 Å². The number of amides is 1. The zero-order chi connectivity index (χ0) is 12.5. The fourth-order valence-electron chi connectivity index (χ4n) is 2.19. The van der Waals surface area contributed by atoms with E-state index in [9.17, 15) is 4.79 Å². The summed E-state index contributed by atoms with van der Waals surface area (Å²) in [7, 11) is 0. The number of rotatable bonds is 2. The van der Waals surface area contributed by atoms with E-state index in [-0.39, 0.29) is 11.9 Å². The Morgan fingerprint density at radius 1 is 1.59 bits per heavy atom. The Hall–Kier alpha value is -1.42. The first kappa shape index (κ1) is 12.0. The Balaban J connectivity index is 2.11. The van der Waals surface area contributed by atoms with Gasteiger partial charge in [0.2, 0.25) is 5.91 Å². The maximum atomic E-state index is 12.3. The molecule has 17 heavy (non-hydrogen) atoms. The number of piperidine rings is 1. The van der Waals surface area contributed by atoms with Crippen molar-refractivity contribution >= 4 is 5.91 Å². The quantitative estimate of drug-likeness (QED) is 0.834. The molecule has 0 spiro atoms.